The van der Waals surface area contributed by atoms with Crippen LogP contribution in [0.5, 0.6) is 0 Å². The molecule has 0 saturated carbocycles. The fourth-order valence-corrected chi connectivity index (χ4v) is 1.40. The summed E-state index contributed by atoms with van der Waals surface area (Å²) in [6.45, 7) is 6.01. The molecule has 0 aliphatic rings. The van der Waals surface area contributed by atoms with Crippen LogP contribution in [0.3, 0.4) is 0 Å². The molecule has 14 heavy (non-hydrogen) atoms. The summed E-state index contributed by atoms with van der Waals surface area (Å²) >= 11 is 0. The van der Waals surface area contributed by atoms with Crippen molar-refractivity contribution in [3.63, 3.8) is 0 Å². The van der Waals surface area contributed by atoms with Crippen molar-refractivity contribution >= 4 is 0 Å². The van der Waals surface area contributed by atoms with Crippen LogP contribution in [0.1, 0.15) is 58.8 Å². The molecule has 0 aliphatic carbocycles. The highest BCUT2D eigenvalue weighted by molar-refractivity contribution is 4.81. The first kappa shape index (κ1) is 13.7. The van der Waals surface area contributed by atoms with E-state index in [1.807, 2.05) is 6.92 Å². The summed E-state index contributed by atoms with van der Waals surface area (Å²) in [7, 11) is 0. The quantitative estimate of drug-likeness (QED) is 0.375. The van der Waals surface area contributed by atoms with Crippen LogP contribution in [0.15, 0.2) is 12.2 Å². The molecule has 0 rings (SSSR count). The van der Waals surface area contributed by atoms with Gasteiger partial charge in [0.25, 0.3) is 0 Å². The molecule has 0 spiro atoms. The summed E-state index contributed by atoms with van der Waals surface area (Å²) in [6.07, 6.45) is 13.7. The molecule has 1 heteroatoms. The van der Waals surface area contributed by atoms with Crippen molar-refractivity contribution in [2.24, 2.45) is 0 Å². The number of hydrogen-bond donors (Lipinski definition) is 0. The highest BCUT2D eigenvalue weighted by Gasteiger charge is 1.86. The molecular weight excluding hydrogens is 172 g/mol. The van der Waals surface area contributed by atoms with Crippen LogP contribution in [-0.2, 0) is 4.74 Å². The molecule has 0 aromatic rings. The Labute approximate surface area is 89.5 Å². The van der Waals surface area contributed by atoms with Crippen LogP contribution >= 0.6 is 0 Å². The molecule has 0 aromatic carbocycles. The van der Waals surface area contributed by atoms with Crippen molar-refractivity contribution in [1.82, 2.24) is 0 Å². The highest BCUT2D eigenvalue weighted by atomic mass is 16.5. The van der Waals surface area contributed by atoms with Gasteiger partial charge in [0, 0.05) is 13.2 Å². The van der Waals surface area contributed by atoms with E-state index in [0.717, 1.165) is 19.6 Å². The predicted octanol–water partition coefficient (Wildman–Crippen LogP) is 4.33. The van der Waals surface area contributed by atoms with Crippen molar-refractivity contribution in [2.45, 2.75) is 58.8 Å². The van der Waals surface area contributed by atoms with E-state index in [4.69, 9.17) is 4.74 Å². The van der Waals surface area contributed by atoms with Crippen LogP contribution in [0.4, 0.5) is 0 Å². The monoisotopic (exact) mass is 198 g/mol. The molecule has 0 N–H and O–H groups in total. The predicted molar refractivity (Wildman–Crippen MR) is 63.6 cm³/mol. The average molecular weight is 198 g/mol. The fraction of sp³-hybridized carbons (Fsp3) is 0.846. The SMILES string of the molecule is CCCCCCC/C=C/CCOCC. The maximum atomic E-state index is 5.24. The lowest BCUT2D eigenvalue weighted by Gasteiger charge is -1.97. The van der Waals surface area contributed by atoms with Crippen molar-refractivity contribution in [3.05, 3.63) is 12.2 Å². The van der Waals surface area contributed by atoms with Gasteiger partial charge >= 0.3 is 0 Å². The average Bonchev–Trinajstić information content (AvgIpc) is 2.21. The van der Waals surface area contributed by atoms with Gasteiger partial charge in [0.05, 0.1) is 0 Å². The zero-order chi connectivity index (χ0) is 10.5. The smallest absolute Gasteiger partial charge is 0.0500 e. The zero-order valence-electron chi connectivity index (χ0n) is 9.93. The lowest BCUT2D eigenvalue weighted by Crippen LogP contribution is -1.90. The maximum absolute atomic E-state index is 5.24. The summed E-state index contributed by atoms with van der Waals surface area (Å²) in [5.74, 6) is 0. The summed E-state index contributed by atoms with van der Waals surface area (Å²) in [6, 6.07) is 0. The maximum Gasteiger partial charge on any atom is 0.0500 e. The van der Waals surface area contributed by atoms with Gasteiger partial charge in [-0.2, -0.15) is 0 Å². The van der Waals surface area contributed by atoms with Crippen molar-refractivity contribution in [2.75, 3.05) is 13.2 Å². The topological polar surface area (TPSA) is 9.23 Å². The van der Waals surface area contributed by atoms with Gasteiger partial charge in [-0.25, -0.2) is 0 Å². The Bertz CT molecular complexity index is 118. The molecule has 0 heterocycles. The van der Waals surface area contributed by atoms with Crippen molar-refractivity contribution in [1.29, 1.82) is 0 Å². The van der Waals surface area contributed by atoms with E-state index in [1.54, 1.807) is 0 Å². The minimum Gasteiger partial charge on any atom is -0.381 e. The number of ether oxygens (including phenoxy) is 1. The Morgan fingerprint density at radius 3 is 2.29 bits per heavy atom. The molecular formula is C13H26O. The Hall–Kier alpha value is -0.300. The van der Waals surface area contributed by atoms with Crippen molar-refractivity contribution in [3.8, 4) is 0 Å². The largest absolute Gasteiger partial charge is 0.381 e. The summed E-state index contributed by atoms with van der Waals surface area (Å²) in [4.78, 5) is 0. The Kier molecular flexibility index (Phi) is 12.4. The van der Waals surface area contributed by atoms with Crippen LogP contribution in [0, 0.1) is 0 Å². The molecule has 0 unspecified atom stereocenters. The fourth-order valence-electron chi connectivity index (χ4n) is 1.40. The minimum atomic E-state index is 0.838. The number of hydrogen-bond acceptors (Lipinski definition) is 1. The zero-order valence-corrected chi connectivity index (χ0v) is 9.93. The van der Waals surface area contributed by atoms with Gasteiger partial charge in [-0.3, -0.25) is 0 Å². The summed E-state index contributed by atoms with van der Waals surface area (Å²) in [5.41, 5.74) is 0. The van der Waals surface area contributed by atoms with Crippen LogP contribution in [0.2, 0.25) is 0 Å². The van der Waals surface area contributed by atoms with Gasteiger partial charge in [-0.15, -0.1) is 0 Å². The third kappa shape index (κ3) is 11.7. The summed E-state index contributed by atoms with van der Waals surface area (Å²) in [5, 5.41) is 0. The van der Waals surface area contributed by atoms with E-state index in [1.165, 1.54) is 38.5 Å². The standard InChI is InChI=1S/C13H26O/c1-3-5-6-7-8-9-10-11-12-13-14-4-2/h10-11H,3-9,12-13H2,1-2H3/b11-10+. The molecule has 0 amide bonds. The third-order valence-electron chi connectivity index (χ3n) is 2.27. The first-order valence-electron chi connectivity index (χ1n) is 6.14. The van der Waals surface area contributed by atoms with Gasteiger partial charge in [0.15, 0.2) is 0 Å². The van der Waals surface area contributed by atoms with Crippen LogP contribution in [0.25, 0.3) is 0 Å². The second kappa shape index (κ2) is 12.7. The van der Waals surface area contributed by atoms with Gasteiger partial charge in [0.1, 0.15) is 0 Å². The van der Waals surface area contributed by atoms with Gasteiger partial charge in [-0.05, 0) is 26.2 Å². The molecule has 1 nitrogen and oxygen atoms in total. The first-order chi connectivity index (χ1) is 6.91. The second-order valence-corrected chi connectivity index (χ2v) is 3.66. The lowest BCUT2D eigenvalue weighted by molar-refractivity contribution is 0.152. The summed E-state index contributed by atoms with van der Waals surface area (Å²) < 4.78 is 5.24. The molecule has 0 aliphatic heterocycles. The van der Waals surface area contributed by atoms with Gasteiger partial charge < -0.3 is 4.74 Å². The molecule has 0 radical (unpaired) electrons. The van der Waals surface area contributed by atoms with Gasteiger partial charge in [0.2, 0.25) is 0 Å². The highest BCUT2D eigenvalue weighted by Crippen LogP contribution is 2.05. The molecule has 0 saturated heterocycles. The minimum absolute atomic E-state index is 0.838. The van der Waals surface area contributed by atoms with E-state index in [2.05, 4.69) is 19.1 Å². The lowest BCUT2D eigenvalue weighted by atomic mass is 10.1. The molecule has 0 atom stereocenters. The Balaban J connectivity index is 2.96. The van der Waals surface area contributed by atoms with Crippen LogP contribution in [-0.4, -0.2) is 13.2 Å². The molecule has 0 bridgehead atoms. The normalized spacial score (nSPS) is 11.3. The van der Waals surface area contributed by atoms with E-state index in [9.17, 15) is 0 Å². The van der Waals surface area contributed by atoms with E-state index in [-0.39, 0.29) is 0 Å². The second-order valence-electron chi connectivity index (χ2n) is 3.66. The Morgan fingerprint density at radius 1 is 0.857 bits per heavy atom. The van der Waals surface area contributed by atoms with Crippen LogP contribution < -0.4 is 0 Å². The molecule has 0 aromatic heterocycles. The number of unbranched alkanes of at least 4 members (excludes halogenated alkanes) is 5. The Morgan fingerprint density at radius 2 is 1.57 bits per heavy atom. The number of rotatable bonds is 10. The molecule has 84 valence electrons. The van der Waals surface area contributed by atoms with E-state index < -0.39 is 0 Å². The van der Waals surface area contributed by atoms with Gasteiger partial charge in [-0.1, -0.05) is 44.8 Å². The van der Waals surface area contributed by atoms with Crippen molar-refractivity contribution < 1.29 is 4.74 Å². The van der Waals surface area contributed by atoms with E-state index >= 15 is 0 Å². The number of allylic oxidation sites excluding steroid dienone is 1. The first-order valence-corrected chi connectivity index (χ1v) is 6.14. The molecule has 0 fully saturated rings. The third-order valence-corrected chi connectivity index (χ3v) is 2.27. The van der Waals surface area contributed by atoms with E-state index in [0.29, 0.717) is 0 Å².